The predicted octanol–water partition coefficient (Wildman–Crippen LogP) is 2.55. The van der Waals surface area contributed by atoms with Crippen molar-refractivity contribution in [3.8, 4) is 11.3 Å². The molecule has 8 heteroatoms. The number of rotatable bonds is 4. The van der Waals surface area contributed by atoms with Crippen molar-refractivity contribution in [3.05, 3.63) is 39.8 Å². The van der Waals surface area contributed by atoms with Crippen LogP contribution in [0.4, 0.5) is 0 Å². The van der Waals surface area contributed by atoms with E-state index in [2.05, 4.69) is 25.9 Å². The molecule has 122 valence electrons. The molecule has 0 aliphatic heterocycles. The average molecular weight is 397 g/mol. The number of hydrogen-bond acceptors (Lipinski definition) is 5. The van der Waals surface area contributed by atoms with Gasteiger partial charge in [-0.1, -0.05) is 6.07 Å². The Balaban J connectivity index is 2.20. The van der Waals surface area contributed by atoms with Crippen molar-refractivity contribution >= 4 is 26.0 Å². The van der Waals surface area contributed by atoms with Gasteiger partial charge < -0.3 is 0 Å². The number of hydrazine groups is 1. The van der Waals surface area contributed by atoms with Crippen LogP contribution in [0.1, 0.15) is 35.8 Å². The molecule has 6 nitrogen and oxygen atoms in total. The van der Waals surface area contributed by atoms with E-state index >= 15 is 0 Å². The van der Waals surface area contributed by atoms with Gasteiger partial charge in [0, 0.05) is 11.5 Å². The van der Waals surface area contributed by atoms with Crippen molar-refractivity contribution in [3.63, 3.8) is 0 Å². The van der Waals surface area contributed by atoms with E-state index in [9.17, 15) is 8.42 Å². The van der Waals surface area contributed by atoms with E-state index in [-0.39, 0.29) is 4.90 Å². The van der Waals surface area contributed by atoms with Gasteiger partial charge in [-0.3, -0.25) is 5.84 Å². The minimum absolute atomic E-state index is 0.108. The monoisotopic (exact) mass is 396 g/mol. The minimum Gasteiger partial charge on any atom is -0.257 e. The molecule has 0 amide bonds. The Morgan fingerprint density at radius 3 is 2.57 bits per heavy atom. The van der Waals surface area contributed by atoms with Crippen LogP contribution in [0.5, 0.6) is 0 Å². The van der Waals surface area contributed by atoms with Crippen LogP contribution >= 0.6 is 15.9 Å². The summed E-state index contributed by atoms with van der Waals surface area (Å²) in [6.07, 6.45) is 2.20. The van der Waals surface area contributed by atoms with E-state index < -0.39 is 10.0 Å². The third-order valence-electron chi connectivity index (χ3n) is 3.91. The summed E-state index contributed by atoms with van der Waals surface area (Å²) in [5.41, 5.74) is 3.24. The molecule has 1 saturated carbocycles. The highest BCUT2D eigenvalue weighted by atomic mass is 79.9. The third-order valence-corrected chi connectivity index (χ3v) is 6.04. The first-order valence-electron chi connectivity index (χ1n) is 7.21. The highest BCUT2D eigenvalue weighted by Gasteiger charge is 2.28. The van der Waals surface area contributed by atoms with Crippen LogP contribution in [-0.4, -0.2) is 18.4 Å². The second-order valence-electron chi connectivity index (χ2n) is 5.70. The van der Waals surface area contributed by atoms with Crippen molar-refractivity contribution in [1.82, 2.24) is 14.8 Å². The summed E-state index contributed by atoms with van der Waals surface area (Å²) in [5, 5.41) is 0. The molecule has 1 aliphatic carbocycles. The fourth-order valence-electron chi connectivity index (χ4n) is 2.37. The fraction of sp³-hybridized carbons (Fsp3) is 0.333. The largest absolute Gasteiger partial charge is 0.257 e. The molecule has 1 aromatic heterocycles. The third kappa shape index (κ3) is 3.16. The Bertz CT molecular complexity index is 879. The smallest absolute Gasteiger partial charge is 0.253 e. The van der Waals surface area contributed by atoms with Crippen LogP contribution < -0.4 is 10.7 Å². The molecular weight excluding hydrogens is 380 g/mol. The van der Waals surface area contributed by atoms with Crippen molar-refractivity contribution < 1.29 is 8.42 Å². The number of halogens is 1. The predicted molar refractivity (Wildman–Crippen MR) is 91.1 cm³/mol. The quantitative estimate of drug-likeness (QED) is 0.611. The van der Waals surface area contributed by atoms with Crippen molar-refractivity contribution in [2.75, 3.05) is 0 Å². The van der Waals surface area contributed by atoms with E-state index in [1.54, 1.807) is 12.1 Å². The number of nitrogens with one attached hydrogen (secondary N) is 1. The Kier molecular flexibility index (Phi) is 4.26. The highest BCUT2D eigenvalue weighted by Crippen LogP contribution is 2.40. The lowest BCUT2D eigenvalue weighted by Crippen LogP contribution is -2.30. The van der Waals surface area contributed by atoms with Crippen LogP contribution in [0, 0.1) is 13.8 Å². The lowest BCUT2D eigenvalue weighted by Gasteiger charge is -2.13. The van der Waals surface area contributed by atoms with Gasteiger partial charge in [-0.2, -0.15) is 4.83 Å². The van der Waals surface area contributed by atoms with Gasteiger partial charge in [0.1, 0.15) is 5.82 Å². The summed E-state index contributed by atoms with van der Waals surface area (Å²) in [6.45, 7) is 3.83. The molecule has 23 heavy (non-hydrogen) atoms. The van der Waals surface area contributed by atoms with E-state index in [0.717, 1.165) is 40.0 Å². The highest BCUT2D eigenvalue weighted by molar-refractivity contribution is 9.10. The summed E-state index contributed by atoms with van der Waals surface area (Å²) in [7, 11) is -3.71. The molecule has 0 atom stereocenters. The molecule has 0 bridgehead atoms. The SMILES string of the molecule is Cc1ccc(S(=O)(=O)NN)cc1-c1nc(C2CC2)nc(C)c1Br. The lowest BCUT2D eigenvalue weighted by molar-refractivity contribution is 0.584. The number of hydrogen-bond donors (Lipinski definition) is 2. The molecule has 3 N–H and O–H groups in total. The number of nitrogens with zero attached hydrogens (tertiary/aromatic N) is 2. The molecule has 0 saturated heterocycles. The van der Waals surface area contributed by atoms with Crippen LogP contribution in [-0.2, 0) is 10.0 Å². The first-order valence-corrected chi connectivity index (χ1v) is 9.48. The molecule has 0 unspecified atom stereocenters. The first kappa shape index (κ1) is 16.5. The molecule has 2 aromatic rings. The van der Waals surface area contributed by atoms with E-state index in [1.807, 2.05) is 18.7 Å². The van der Waals surface area contributed by atoms with Gasteiger partial charge in [0.15, 0.2) is 0 Å². The topological polar surface area (TPSA) is 98.0 Å². The van der Waals surface area contributed by atoms with E-state index in [4.69, 9.17) is 5.84 Å². The normalized spacial score (nSPS) is 15.0. The zero-order valence-electron chi connectivity index (χ0n) is 12.8. The van der Waals surface area contributed by atoms with E-state index in [1.165, 1.54) is 6.07 Å². The Morgan fingerprint density at radius 1 is 1.26 bits per heavy atom. The Morgan fingerprint density at radius 2 is 1.96 bits per heavy atom. The molecular formula is C15H17BrN4O2S. The zero-order chi connectivity index (χ0) is 16.8. The fourth-order valence-corrected chi connectivity index (χ4v) is 3.42. The minimum atomic E-state index is -3.71. The van der Waals surface area contributed by atoms with Crippen molar-refractivity contribution in [1.29, 1.82) is 0 Å². The standard InChI is InChI=1S/C15H17BrN4O2S/c1-8-3-6-11(23(21,22)20-17)7-12(8)14-13(16)9(2)18-15(19-14)10-4-5-10/h3,6-7,10,20H,4-5,17H2,1-2H3. The van der Waals surface area contributed by atoms with Gasteiger partial charge >= 0.3 is 0 Å². The first-order chi connectivity index (χ1) is 10.8. The summed E-state index contributed by atoms with van der Waals surface area (Å²) in [5.74, 6) is 6.36. The Hall–Kier alpha value is -1.35. The maximum atomic E-state index is 12.0. The Labute approximate surface area is 143 Å². The van der Waals surface area contributed by atoms with Gasteiger partial charge in [-0.05, 0) is 60.3 Å². The van der Waals surface area contributed by atoms with E-state index in [0.29, 0.717) is 11.6 Å². The van der Waals surface area contributed by atoms with Gasteiger partial charge in [0.25, 0.3) is 10.0 Å². The number of nitrogens with two attached hydrogens (primary N) is 1. The summed E-state index contributed by atoms with van der Waals surface area (Å²) >= 11 is 3.53. The van der Waals surface area contributed by atoms with Gasteiger partial charge in [-0.25, -0.2) is 18.4 Å². The maximum absolute atomic E-state index is 12.0. The molecule has 0 spiro atoms. The maximum Gasteiger partial charge on any atom is 0.253 e. The second-order valence-corrected chi connectivity index (χ2v) is 8.21. The summed E-state index contributed by atoms with van der Waals surface area (Å²) in [6, 6.07) is 4.87. The molecule has 0 radical (unpaired) electrons. The average Bonchev–Trinajstić information content (AvgIpc) is 3.35. The lowest BCUT2D eigenvalue weighted by atomic mass is 10.0. The molecule has 1 aromatic carbocycles. The number of benzene rings is 1. The van der Waals surface area contributed by atoms with Gasteiger partial charge in [-0.15, -0.1) is 0 Å². The second kappa shape index (κ2) is 5.94. The van der Waals surface area contributed by atoms with Crippen LogP contribution in [0.2, 0.25) is 0 Å². The number of aromatic nitrogens is 2. The van der Waals surface area contributed by atoms with Gasteiger partial charge in [0.2, 0.25) is 0 Å². The van der Waals surface area contributed by atoms with Gasteiger partial charge in [0.05, 0.1) is 20.8 Å². The number of sulfonamides is 1. The molecule has 1 heterocycles. The molecule has 3 rings (SSSR count). The molecule has 1 fully saturated rings. The molecule has 1 aliphatic rings. The zero-order valence-corrected chi connectivity index (χ0v) is 15.2. The number of aryl methyl sites for hydroxylation is 2. The van der Waals surface area contributed by atoms with Crippen molar-refractivity contribution in [2.24, 2.45) is 5.84 Å². The van der Waals surface area contributed by atoms with Crippen molar-refractivity contribution in [2.45, 2.75) is 37.5 Å². The van der Waals surface area contributed by atoms with Crippen LogP contribution in [0.3, 0.4) is 0 Å². The van der Waals surface area contributed by atoms with Crippen LogP contribution in [0.15, 0.2) is 27.6 Å². The summed E-state index contributed by atoms with van der Waals surface area (Å²) < 4.78 is 24.7. The van der Waals surface area contributed by atoms with Crippen LogP contribution in [0.25, 0.3) is 11.3 Å². The summed E-state index contributed by atoms with van der Waals surface area (Å²) in [4.78, 5) is 11.2.